The molecule has 0 amide bonds. The zero-order chi connectivity index (χ0) is 15.6. The van der Waals surface area contributed by atoms with Crippen LogP contribution in [0.5, 0.6) is 5.75 Å². The van der Waals surface area contributed by atoms with Crippen molar-refractivity contribution in [1.29, 1.82) is 0 Å². The average Bonchev–Trinajstić information content (AvgIpc) is 2.24. The maximum Gasteiger partial charge on any atom is 0.573 e. The molecule has 1 aromatic carbocycles. The van der Waals surface area contributed by atoms with Crippen LogP contribution in [0, 0.1) is 0 Å². The Morgan fingerprint density at radius 2 is 1.55 bits per heavy atom. The molecule has 0 atom stereocenters. The Morgan fingerprint density at radius 1 is 1.05 bits per heavy atom. The van der Waals surface area contributed by atoms with Gasteiger partial charge in [0.1, 0.15) is 5.75 Å². The molecule has 5 nitrogen and oxygen atoms in total. The molecule has 0 radical (unpaired) electrons. The van der Waals surface area contributed by atoms with Crippen molar-refractivity contribution in [2.45, 2.75) is 37.6 Å². The second kappa shape index (κ2) is 5.58. The summed E-state index contributed by atoms with van der Waals surface area (Å²) < 4.78 is 63.1. The van der Waals surface area contributed by atoms with Gasteiger partial charge in [0.2, 0.25) is 0 Å². The molecule has 0 fully saturated rings. The molecule has 0 heterocycles. The molecule has 1 rings (SSSR count). The van der Waals surface area contributed by atoms with Gasteiger partial charge in [-0.1, -0.05) is 4.89 Å². The third-order valence-electron chi connectivity index (χ3n) is 1.83. The van der Waals surface area contributed by atoms with Crippen LogP contribution in [-0.4, -0.2) is 20.4 Å². The quantitative estimate of drug-likeness (QED) is 0.868. The first-order valence-electron chi connectivity index (χ1n) is 5.45. The molecule has 114 valence electrons. The van der Waals surface area contributed by atoms with E-state index < -0.39 is 27.7 Å². The molecule has 0 aliphatic rings. The molecule has 0 bridgehead atoms. The summed E-state index contributed by atoms with van der Waals surface area (Å²) in [4.78, 5) is 6.56. The number of ether oxygens (including phenoxy) is 1. The van der Waals surface area contributed by atoms with Gasteiger partial charge in [-0.25, -0.2) is 8.42 Å². The van der Waals surface area contributed by atoms with Crippen molar-refractivity contribution in [1.82, 2.24) is 4.89 Å². The van der Waals surface area contributed by atoms with Crippen LogP contribution >= 0.6 is 0 Å². The number of rotatable bonds is 4. The van der Waals surface area contributed by atoms with E-state index in [-0.39, 0.29) is 4.90 Å². The van der Waals surface area contributed by atoms with Crippen molar-refractivity contribution in [2.75, 3.05) is 0 Å². The second-order valence-corrected chi connectivity index (χ2v) is 6.47. The van der Waals surface area contributed by atoms with Crippen molar-refractivity contribution >= 4 is 10.0 Å². The molecule has 9 heteroatoms. The predicted octanol–water partition coefficient (Wildman–Crippen LogP) is 2.59. The maximum absolute atomic E-state index is 12.0. The first-order chi connectivity index (χ1) is 8.89. The highest BCUT2D eigenvalue weighted by Crippen LogP contribution is 2.23. The fourth-order valence-corrected chi connectivity index (χ4v) is 2.00. The molecule has 0 saturated heterocycles. The Kier molecular flexibility index (Phi) is 4.67. The van der Waals surface area contributed by atoms with Crippen LogP contribution in [0.25, 0.3) is 0 Å². The zero-order valence-corrected chi connectivity index (χ0v) is 11.8. The number of hydrogen-bond acceptors (Lipinski definition) is 4. The van der Waals surface area contributed by atoms with Gasteiger partial charge in [0.25, 0.3) is 10.0 Å². The number of alkyl halides is 3. The summed E-state index contributed by atoms with van der Waals surface area (Å²) in [5.74, 6) is -0.506. The van der Waals surface area contributed by atoms with Crippen LogP contribution in [0.2, 0.25) is 0 Å². The van der Waals surface area contributed by atoms with E-state index >= 15 is 0 Å². The lowest BCUT2D eigenvalue weighted by Gasteiger charge is -2.19. The van der Waals surface area contributed by atoms with E-state index in [4.69, 9.17) is 4.84 Å². The van der Waals surface area contributed by atoms with E-state index in [9.17, 15) is 21.6 Å². The SMILES string of the molecule is CC(C)(C)ONS(=O)(=O)c1ccc(OC(F)(F)F)cc1. The summed E-state index contributed by atoms with van der Waals surface area (Å²) in [5, 5.41) is 0. The van der Waals surface area contributed by atoms with Crippen molar-refractivity contribution < 1.29 is 31.2 Å². The number of benzene rings is 1. The fourth-order valence-electron chi connectivity index (χ4n) is 1.05. The second-order valence-electron chi connectivity index (χ2n) is 4.82. The highest BCUT2D eigenvalue weighted by atomic mass is 32.2. The van der Waals surface area contributed by atoms with Crippen LogP contribution in [0.1, 0.15) is 20.8 Å². The number of halogens is 3. The lowest BCUT2D eigenvalue weighted by molar-refractivity contribution is -0.274. The fraction of sp³-hybridized carbons (Fsp3) is 0.455. The highest BCUT2D eigenvalue weighted by Gasteiger charge is 2.31. The summed E-state index contributed by atoms with van der Waals surface area (Å²) in [6, 6.07) is 3.77. The Labute approximate surface area is 114 Å². The first-order valence-corrected chi connectivity index (χ1v) is 6.93. The van der Waals surface area contributed by atoms with Gasteiger partial charge in [-0.05, 0) is 45.0 Å². The molecule has 1 aromatic rings. The molecule has 0 unspecified atom stereocenters. The Morgan fingerprint density at radius 3 is 1.95 bits per heavy atom. The van der Waals surface area contributed by atoms with E-state index in [0.29, 0.717) is 0 Å². The number of nitrogens with one attached hydrogen (secondary N) is 1. The van der Waals surface area contributed by atoms with Crippen LogP contribution in [-0.2, 0) is 14.9 Å². The third-order valence-corrected chi connectivity index (χ3v) is 3.02. The van der Waals surface area contributed by atoms with Gasteiger partial charge in [0.05, 0.1) is 10.5 Å². The Hall–Kier alpha value is -1.32. The normalized spacial score (nSPS) is 13.3. The standard InChI is InChI=1S/C11H14F3NO4S/c1-10(2,3)19-15-20(16,17)9-6-4-8(5-7-9)18-11(12,13)14/h4-7,15H,1-3H3. The third kappa shape index (κ3) is 5.76. The summed E-state index contributed by atoms with van der Waals surface area (Å²) in [6.07, 6.45) is -4.83. The molecule has 0 aliphatic carbocycles. The van der Waals surface area contributed by atoms with Crippen molar-refractivity contribution in [3.8, 4) is 5.75 Å². The molecule has 0 aliphatic heterocycles. The van der Waals surface area contributed by atoms with Gasteiger partial charge in [-0.3, -0.25) is 4.84 Å². The molecular formula is C11H14F3NO4S. The molecular weight excluding hydrogens is 299 g/mol. The van der Waals surface area contributed by atoms with Crippen molar-refractivity contribution in [2.24, 2.45) is 0 Å². The van der Waals surface area contributed by atoms with Gasteiger partial charge >= 0.3 is 6.36 Å². The van der Waals surface area contributed by atoms with E-state index in [1.807, 2.05) is 4.89 Å². The van der Waals surface area contributed by atoms with Crippen molar-refractivity contribution in [3.63, 3.8) is 0 Å². The van der Waals surface area contributed by atoms with E-state index in [0.717, 1.165) is 24.3 Å². The van der Waals surface area contributed by atoms with Gasteiger partial charge < -0.3 is 4.74 Å². The smallest absolute Gasteiger partial charge is 0.406 e. The van der Waals surface area contributed by atoms with E-state index in [2.05, 4.69) is 4.74 Å². The van der Waals surface area contributed by atoms with Crippen LogP contribution in [0.15, 0.2) is 29.2 Å². The Bertz CT molecular complexity index is 547. The number of hydrogen-bond donors (Lipinski definition) is 1. The Balaban J connectivity index is 2.82. The predicted molar refractivity (Wildman–Crippen MR) is 64.3 cm³/mol. The summed E-state index contributed by atoms with van der Waals surface area (Å²) in [5.41, 5.74) is -0.744. The van der Waals surface area contributed by atoms with Crippen LogP contribution in [0.3, 0.4) is 0 Å². The molecule has 1 N–H and O–H groups in total. The first kappa shape index (κ1) is 16.7. The topological polar surface area (TPSA) is 64.6 Å². The summed E-state index contributed by atoms with van der Waals surface area (Å²) >= 11 is 0. The minimum absolute atomic E-state index is 0.240. The number of sulfonamides is 1. The van der Waals surface area contributed by atoms with Crippen LogP contribution < -0.4 is 9.62 Å². The maximum atomic E-state index is 12.0. The van der Waals surface area contributed by atoms with Gasteiger partial charge in [-0.15, -0.1) is 13.2 Å². The zero-order valence-electron chi connectivity index (χ0n) is 11.0. The molecule has 0 aromatic heterocycles. The van der Waals surface area contributed by atoms with Crippen molar-refractivity contribution in [3.05, 3.63) is 24.3 Å². The largest absolute Gasteiger partial charge is 0.573 e. The summed E-state index contributed by atoms with van der Waals surface area (Å²) in [6.45, 7) is 4.90. The van der Waals surface area contributed by atoms with E-state index in [1.165, 1.54) is 0 Å². The molecule has 20 heavy (non-hydrogen) atoms. The minimum Gasteiger partial charge on any atom is -0.406 e. The average molecular weight is 313 g/mol. The monoisotopic (exact) mass is 313 g/mol. The van der Waals surface area contributed by atoms with Gasteiger partial charge in [0, 0.05) is 0 Å². The van der Waals surface area contributed by atoms with E-state index in [1.54, 1.807) is 20.8 Å². The highest BCUT2D eigenvalue weighted by molar-refractivity contribution is 7.89. The van der Waals surface area contributed by atoms with Gasteiger partial charge in [0.15, 0.2) is 0 Å². The minimum atomic E-state index is -4.83. The van der Waals surface area contributed by atoms with Gasteiger partial charge in [-0.2, -0.15) is 0 Å². The molecule has 0 spiro atoms. The summed E-state index contributed by atoms with van der Waals surface area (Å²) in [7, 11) is -3.96. The molecule has 0 saturated carbocycles. The van der Waals surface area contributed by atoms with Crippen LogP contribution in [0.4, 0.5) is 13.2 Å². The lowest BCUT2D eigenvalue weighted by atomic mass is 10.2. The lowest BCUT2D eigenvalue weighted by Crippen LogP contribution is -2.33.